The number of anilines is 2. The van der Waals surface area contributed by atoms with Gasteiger partial charge in [-0.2, -0.15) is 23.5 Å². The van der Waals surface area contributed by atoms with Gasteiger partial charge < -0.3 is 26.0 Å². The fourth-order valence-corrected chi connectivity index (χ4v) is 5.00. The maximum Gasteiger partial charge on any atom is 0.435 e. The number of halogens is 3. The number of fused-ring (bicyclic) bond motifs is 1. The van der Waals surface area contributed by atoms with E-state index in [2.05, 4.69) is 31.0 Å². The Kier molecular flexibility index (Phi) is 10.5. The number of amides is 2. The Bertz CT molecular complexity index is 1760. The van der Waals surface area contributed by atoms with E-state index >= 15 is 0 Å². The van der Waals surface area contributed by atoms with E-state index < -0.39 is 17.9 Å². The van der Waals surface area contributed by atoms with Gasteiger partial charge in [0.15, 0.2) is 17.2 Å². The second-order valence-electron chi connectivity index (χ2n) is 10.1. The molecule has 5 rings (SSSR count). The van der Waals surface area contributed by atoms with Crippen LogP contribution >= 0.6 is 0 Å². The number of alkyl halides is 3. The summed E-state index contributed by atoms with van der Waals surface area (Å²) >= 11 is 0. The molecule has 1 unspecified atom stereocenters. The van der Waals surface area contributed by atoms with Crippen LogP contribution in [-0.4, -0.2) is 84.7 Å². The molecule has 0 bridgehead atoms. The number of nitrogens with zero attached hydrogens (tertiary/aromatic N) is 7. The van der Waals surface area contributed by atoms with Crippen LogP contribution in [0.5, 0.6) is 0 Å². The number of aromatic nitrogens is 5. The lowest BCUT2D eigenvalue weighted by molar-refractivity contribution is -0.141. The molecule has 1 aliphatic rings. The summed E-state index contributed by atoms with van der Waals surface area (Å²) in [6.07, 6.45) is 1.15. The third-order valence-corrected chi connectivity index (χ3v) is 7.11. The Morgan fingerprint density at radius 2 is 1.96 bits per heavy atom. The van der Waals surface area contributed by atoms with Gasteiger partial charge in [-0.3, -0.25) is 23.5 Å². The molecule has 4 heterocycles. The Morgan fingerprint density at radius 3 is 2.61 bits per heavy atom. The van der Waals surface area contributed by atoms with E-state index in [-0.39, 0.29) is 47.6 Å². The molecule has 0 saturated carbocycles. The molecule has 17 heteroatoms. The molecule has 1 aromatic carbocycles. The number of carbonyl (C=O) groups is 3. The van der Waals surface area contributed by atoms with Crippen LogP contribution < -0.4 is 16.0 Å². The predicted octanol–water partition coefficient (Wildman–Crippen LogP) is 2.69. The maximum atomic E-state index is 13.8. The third-order valence-electron chi connectivity index (χ3n) is 7.11. The highest BCUT2D eigenvalue weighted by Crippen LogP contribution is 2.37. The first-order chi connectivity index (χ1) is 22.0. The Balaban J connectivity index is 0.00000154. The van der Waals surface area contributed by atoms with Crippen LogP contribution in [0.15, 0.2) is 43.0 Å². The molecule has 1 fully saturated rings. The van der Waals surface area contributed by atoms with Gasteiger partial charge in [-0.15, -0.1) is 0 Å². The summed E-state index contributed by atoms with van der Waals surface area (Å²) in [5, 5.41) is 28.5. The molecule has 242 valence electrons. The van der Waals surface area contributed by atoms with Gasteiger partial charge in [0.05, 0.1) is 23.5 Å². The predicted molar refractivity (Wildman–Crippen MR) is 159 cm³/mol. The summed E-state index contributed by atoms with van der Waals surface area (Å²) in [5.74, 6) is -0.222. The van der Waals surface area contributed by atoms with Gasteiger partial charge >= 0.3 is 6.18 Å². The first kappa shape index (κ1) is 33.4. The SMILES string of the molecule is CCc1cc(Nc2nccn3c(-c4cn(CC#N)nc4C(F)(F)F)cnc23)ccc1C(=O)NC(C)C(=O)N1CCNCC1.O=CO. The van der Waals surface area contributed by atoms with Gasteiger partial charge in [0, 0.05) is 56.0 Å². The van der Waals surface area contributed by atoms with Crippen LogP contribution in [0.4, 0.5) is 24.7 Å². The molecular formula is C29H31F3N10O4. The first-order valence-electron chi connectivity index (χ1n) is 14.1. The highest BCUT2D eigenvalue weighted by atomic mass is 19.4. The second-order valence-corrected chi connectivity index (χ2v) is 10.1. The van der Waals surface area contributed by atoms with Crippen molar-refractivity contribution in [3.63, 3.8) is 0 Å². The maximum absolute atomic E-state index is 13.8. The van der Waals surface area contributed by atoms with E-state index in [1.807, 2.05) is 6.92 Å². The lowest BCUT2D eigenvalue weighted by Gasteiger charge is -2.30. The molecule has 14 nitrogen and oxygen atoms in total. The number of hydrogen-bond donors (Lipinski definition) is 4. The number of nitriles is 1. The Hall–Kier alpha value is -5.50. The number of carbonyl (C=O) groups excluding carboxylic acids is 2. The highest BCUT2D eigenvalue weighted by Gasteiger charge is 2.38. The number of hydrogen-bond acceptors (Lipinski definition) is 9. The van der Waals surface area contributed by atoms with Crippen LogP contribution in [0.2, 0.25) is 0 Å². The van der Waals surface area contributed by atoms with E-state index in [1.54, 1.807) is 36.1 Å². The largest absolute Gasteiger partial charge is 0.483 e. The lowest BCUT2D eigenvalue weighted by atomic mass is 10.0. The molecule has 1 saturated heterocycles. The monoisotopic (exact) mass is 640 g/mol. The molecule has 2 amide bonds. The van der Waals surface area contributed by atoms with Gasteiger partial charge in [-0.1, -0.05) is 6.92 Å². The smallest absolute Gasteiger partial charge is 0.435 e. The zero-order chi connectivity index (χ0) is 33.4. The average molecular weight is 641 g/mol. The van der Waals surface area contributed by atoms with Crippen LogP contribution in [-0.2, 0) is 28.7 Å². The van der Waals surface area contributed by atoms with Crippen LogP contribution in [0.1, 0.15) is 35.5 Å². The summed E-state index contributed by atoms with van der Waals surface area (Å²) in [6.45, 7) is 5.58. The summed E-state index contributed by atoms with van der Waals surface area (Å²) in [6, 6.07) is 6.21. The average Bonchev–Trinajstić information content (AvgIpc) is 3.66. The van der Waals surface area contributed by atoms with Crippen molar-refractivity contribution in [2.75, 3.05) is 31.5 Å². The zero-order valence-corrected chi connectivity index (χ0v) is 24.9. The van der Waals surface area contributed by atoms with Crippen molar-refractivity contribution in [3.8, 4) is 17.3 Å². The number of rotatable bonds is 8. The van der Waals surface area contributed by atoms with Crippen molar-refractivity contribution in [1.29, 1.82) is 5.26 Å². The van der Waals surface area contributed by atoms with Gasteiger partial charge in [-0.05, 0) is 37.1 Å². The minimum atomic E-state index is -4.74. The van der Waals surface area contributed by atoms with Crippen LogP contribution in [0.25, 0.3) is 16.9 Å². The van der Waals surface area contributed by atoms with E-state index in [0.29, 0.717) is 43.9 Å². The van der Waals surface area contributed by atoms with Crippen molar-refractivity contribution in [3.05, 3.63) is 59.8 Å². The molecule has 1 atom stereocenters. The van der Waals surface area contributed by atoms with Crippen LogP contribution in [0, 0.1) is 11.3 Å². The molecule has 46 heavy (non-hydrogen) atoms. The number of benzene rings is 1. The van der Waals surface area contributed by atoms with Crippen molar-refractivity contribution in [1.82, 2.24) is 39.7 Å². The minimum absolute atomic E-state index is 0.128. The number of nitrogens with one attached hydrogen (secondary N) is 3. The van der Waals surface area contributed by atoms with E-state index in [0.717, 1.165) is 10.2 Å². The first-order valence-corrected chi connectivity index (χ1v) is 14.1. The van der Waals surface area contributed by atoms with Crippen molar-refractivity contribution >= 4 is 35.4 Å². The summed E-state index contributed by atoms with van der Waals surface area (Å²) in [4.78, 5) is 44.6. The van der Waals surface area contributed by atoms with Crippen molar-refractivity contribution in [2.24, 2.45) is 0 Å². The van der Waals surface area contributed by atoms with Crippen molar-refractivity contribution < 1.29 is 32.7 Å². The van der Waals surface area contributed by atoms with E-state index in [1.165, 1.54) is 29.2 Å². The number of aryl methyl sites for hydroxylation is 1. The molecular weight excluding hydrogens is 609 g/mol. The normalized spacial score (nSPS) is 13.7. The highest BCUT2D eigenvalue weighted by molar-refractivity contribution is 5.99. The number of carboxylic acid groups (broad SMARTS) is 1. The molecule has 0 radical (unpaired) electrons. The molecule has 4 aromatic rings. The molecule has 3 aromatic heterocycles. The van der Waals surface area contributed by atoms with Crippen molar-refractivity contribution in [2.45, 2.75) is 39.0 Å². The fraction of sp³-hybridized carbons (Fsp3) is 0.345. The standard InChI is InChI=1S/C28H29F3N10O2.CH2O2/c1-3-18-14-19(4-5-20(18)26(42)36-17(2)27(43)39-11-7-33-8-12-39)37-24-25-35-15-22(41(25)13-9-34-24)21-16-40(10-6-32)38-23(21)28(29,30)31;2-1-3/h4-5,9,13-17,33H,3,7-8,10-12H2,1-2H3,(H,34,37)(H,36,42);1H,(H,2,3). The van der Waals surface area contributed by atoms with Gasteiger partial charge in [0.1, 0.15) is 12.6 Å². The third kappa shape index (κ3) is 7.41. The van der Waals surface area contributed by atoms with E-state index in [4.69, 9.17) is 15.2 Å². The number of piperazine rings is 1. The van der Waals surface area contributed by atoms with E-state index in [9.17, 15) is 22.8 Å². The summed E-state index contributed by atoms with van der Waals surface area (Å²) in [7, 11) is 0. The molecule has 0 aliphatic carbocycles. The Labute approximate surface area is 260 Å². The quantitative estimate of drug-likeness (QED) is 0.209. The van der Waals surface area contributed by atoms with Gasteiger partial charge in [-0.25, -0.2) is 9.97 Å². The zero-order valence-electron chi connectivity index (χ0n) is 24.9. The lowest BCUT2D eigenvalue weighted by Crippen LogP contribution is -2.53. The van der Waals surface area contributed by atoms with Crippen LogP contribution in [0.3, 0.4) is 0 Å². The number of imidazole rings is 1. The minimum Gasteiger partial charge on any atom is -0.483 e. The summed E-state index contributed by atoms with van der Waals surface area (Å²) in [5.41, 5.74) is 0.779. The molecule has 0 spiro atoms. The molecule has 4 N–H and O–H groups in total. The second kappa shape index (κ2) is 14.5. The van der Waals surface area contributed by atoms with Gasteiger partial charge in [0.25, 0.3) is 12.4 Å². The fourth-order valence-electron chi connectivity index (χ4n) is 5.00. The topological polar surface area (TPSA) is 183 Å². The Morgan fingerprint density at radius 1 is 1.24 bits per heavy atom. The molecule has 1 aliphatic heterocycles. The summed E-state index contributed by atoms with van der Waals surface area (Å²) < 4.78 is 43.7. The van der Waals surface area contributed by atoms with Gasteiger partial charge in [0.2, 0.25) is 5.91 Å².